The summed E-state index contributed by atoms with van der Waals surface area (Å²) in [5, 5.41) is 9.41. The van der Waals surface area contributed by atoms with Crippen molar-refractivity contribution in [2.75, 3.05) is 32.1 Å². The number of aliphatic hydroxyl groups is 1. The van der Waals surface area contributed by atoms with Gasteiger partial charge < -0.3 is 14.9 Å². The van der Waals surface area contributed by atoms with Crippen molar-refractivity contribution in [3.63, 3.8) is 0 Å². The summed E-state index contributed by atoms with van der Waals surface area (Å²) in [5.41, 5.74) is 1.76. The molecule has 92 valence electrons. The van der Waals surface area contributed by atoms with Crippen LogP contribution in [0, 0.1) is 0 Å². The number of amides is 1. The van der Waals surface area contributed by atoms with Crippen LogP contribution in [0.4, 0.5) is 5.69 Å². The number of carbonyl (C=O) groups is 1. The molecule has 1 fully saturated rings. The highest BCUT2D eigenvalue weighted by molar-refractivity contribution is 5.94. The van der Waals surface area contributed by atoms with Crippen LogP contribution >= 0.6 is 0 Å². The summed E-state index contributed by atoms with van der Waals surface area (Å²) in [6, 6.07) is 7.53. The Morgan fingerprint density at radius 2 is 2.00 bits per heavy atom. The third kappa shape index (κ3) is 2.58. The molecule has 0 bridgehead atoms. The summed E-state index contributed by atoms with van der Waals surface area (Å²) < 4.78 is 0. The molecule has 4 heteroatoms. The lowest BCUT2D eigenvalue weighted by molar-refractivity contribution is 0.0765. The number of anilines is 1. The van der Waals surface area contributed by atoms with Crippen molar-refractivity contribution in [3.8, 4) is 0 Å². The summed E-state index contributed by atoms with van der Waals surface area (Å²) in [4.78, 5) is 15.8. The Balaban J connectivity index is 2.09. The van der Waals surface area contributed by atoms with Crippen LogP contribution in [0.3, 0.4) is 0 Å². The van der Waals surface area contributed by atoms with Gasteiger partial charge in [-0.05, 0) is 30.7 Å². The number of benzene rings is 1. The average molecular weight is 234 g/mol. The first-order valence-electron chi connectivity index (χ1n) is 5.82. The Morgan fingerprint density at radius 3 is 2.47 bits per heavy atom. The van der Waals surface area contributed by atoms with Crippen molar-refractivity contribution in [3.05, 3.63) is 29.8 Å². The zero-order valence-electron chi connectivity index (χ0n) is 10.3. The SMILES string of the molecule is CN(C)c1ccc(C(=O)N2CC[C@H](O)C2)cc1. The lowest BCUT2D eigenvalue weighted by Crippen LogP contribution is -2.29. The highest BCUT2D eigenvalue weighted by atomic mass is 16.3. The lowest BCUT2D eigenvalue weighted by Gasteiger charge is -2.17. The van der Waals surface area contributed by atoms with Crippen LogP contribution in [0.15, 0.2) is 24.3 Å². The van der Waals surface area contributed by atoms with Gasteiger partial charge in [-0.15, -0.1) is 0 Å². The molecule has 0 spiro atoms. The molecular formula is C13H18N2O2. The minimum atomic E-state index is -0.361. The number of carbonyl (C=O) groups excluding carboxylic acids is 1. The smallest absolute Gasteiger partial charge is 0.253 e. The maximum Gasteiger partial charge on any atom is 0.253 e. The first-order valence-corrected chi connectivity index (χ1v) is 5.82. The minimum Gasteiger partial charge on any atom is -0.391 e. The molecule has 1 aromatic carbocycles. The van der Waals surface area contributed by atoms with E-state index < -0.39 is 0 Å². The van der Waals surface area contributed by atoms with Crippen LogP contribution in [0.5, 0.6) is 0 Å². The Bertz CT molecular complexity index is 400. The van der Waals surface area contributed by atoms with E-state index in [1.54, 1.807) is 4.90 Å². The van der Waals surface area contributed by atoms with Gasteiger partial charge in [0.2, 0.25) is 0 Å². The number of aliphatic hydroxyl groups excluding tert-OH is 1. The quantitative estimate of drug-likeness (QED) is 0.829. The molecule has 0 saturated carbocycles. The monoisotopic (exact) mass is 234 g/mol. The number of hydrogen-bond donors (Lipinski definition) is 1. The van der Waals surface area contributed by atoms with Crippen molar-refractivity contribution >= 4 is 11.6 Å². The fourth-order valence-electron chi connectivity index (χ4n) is 2.01. The topological polar surface area (TPSA) is 43.8 Å². The standard InChI is InChI=1S/C13H18N2O2/c1-14(2)11-5-3-10(4-6-11)13(17)15-8-7-12(16)9-15/h3-6,12,16H,7-9H2,1-2H3/t12-/m0/s1. The second-order valence-electron chi connectivity index (χ2n) is 4.63. The summed E-state index contributed by atoms with van der Waals surface area (Å²) in [6.07, 6.45) is 0.321. The van der Waals surface area contributed by atoms with Crippen LogP contribution in [-0.2, 0) is 0 Å². The molecule has 1 heterocycles. The minimum absolute atomic E-state index is 0.00635. The Kier molecular flexibility index (Phi) is 3.33. The van der Waals surface area contributed by atoms with Crippen molar-refractivity contribution in [1.29, 1.82) is 0 Å². The molecule has 0 unspecified atom stereocenters. The van der Waals surface area contributed by atoms with Crippen LogP contribution < -0.4 is 4.90 Å². The Hall–Kier alpha value is -1.55. The van der Waals surface area contributed by atoms with E-state index in [1.807, 2.05) is 43.3 Å². The van der Waals surface area contributed by atoms with Crippen LogP contribution in [0.2, 0.25) is 0 Å². The summed E-state index contributed by atoms with van der Waals surface area (Å²) in [7, 11) is 3.93. The van der Waals surface area contributed by atoms with E-state index in [4.69, 9.17) is 0 Å². The summed E-state index contributed by atoms with van der Waals surface area (Å²) >= 11 is 0. The number of likely N-dealkylation sites (tertiary alicyclic amines) is 1. The molecule has 1 atom stereocenters. The molecule has 1 aromatic rings. The van der Waals surface area contributed by atoms with Gasteiger partial charge in [0, 0.05) is 38.4 Å². The number of hydrogen-bond acceptors (Lipinski definition) is 3. The largest absolute Gasteiger partial charge is 0.391 e. The normalized spacial score (nSPS) is 19.5. The maximum atomic E-state index is 12.1. The fraction of sp³-hybridized carbons (Fsp3) is 0.462. The molecule has 2 rings (SSSR count). The van der Waals surface area contributed by atoms with E-state index in [0.717, 1.165) is 5.69 Å². The predicted octanol–water partition coefficient (Wildman–Crippen LogP) is 0.959. The Labute approximate surface area is 101 Å². The number of rotatable bonds is 2. The lowest BCUT2D eigenvalue weighted by atomic mass is 10.2. The third-order valence-corrected chi connectivity index (χ3v) is 3.08. The van der Waals surface area contributed by atoms with Gasteiger partial charge in [0.15, 0.2) is 0 Å². The Morgan fingerprint density at radius 1 is 1.35 bits per heavy atom. The van der Waals surface area contributed by atoms with E-state index in [-0.39, 0.29) is 12.0 Å². The molecule has 4 nitrogen and oxygen atoms in total. The van der Waals surface area contributed by atoms with Gasteiger partial charge in [-0.2, -0.15) is 0 Å². The zero-order chi connectivity index (χ0) is 12.4. The molecule has 1 aliphatic rings. The van der Waals surface area contributed by atoms with Crippen molar-refractivity contribution in [2.45, 2.75) is 12.5 Å². The van der Waals surface area contributed by atoms with Gasteiger partial charge in [-0.3, -0.25) is 4.79 Å². The van der Waals surface area contributed by atoms with E-state index in [1.165, 1.54) is 0 Å². The highest BCUT2D eigenvalue weighted by Crippen LogP contribution is 2.16. The van der Waals surface area contributed by atoms with Crippen LogP contribution in [0.1, 0.15) is 16.8 Å². The number of nitrogens with zero attached hydrogens (tertiary/aromatic N) is 2. The van der Waals surface area contributed by atoms with E-state index in [9.17, 15) is 9.90 Å². The molecule has 0 aromatic heterocycles. The van der Waals surface area contributed by atoms with Crippen molar-refractivity contribution < 1.29 is 9.90 Å². The van der Waals surface area contributed by atoms with Gasteiger partial charge in [0.05, 0.1) is 6.10 Å². The van der Waals surface area contributed by atoms with Crippen LogP contribution in [-0.4, -0.2) is 49.2 Å². The summed E-state index contributed by atoms with van der Waals surface area (Å²) in [6.45, 7) is 1.10. The van der Waals surface area contributed by atoms with Crippen molar-refractivity contribution in [2.24, 2.45) is 0 Å². The molecule has 17 heavy (non-hydrogen) atoms. The van der Waals surface area contributed by atoms with Gasteiger partial charge in [-0.25, -0.2) is 0 Å². The first-order chi connectivity index (χ1) is 8.08. The van der Waals surface area contributed by atoms with Crippen LogP contribution in [0.25, 0.3) is 0 Å². The molecule has 1 saturated heterocycles. The van der Waals surface area contributed by atoms with Gasteiger partial charge in [-0.1, -0.05) is 0 Å². The highest BCUT2D eigenvalue weighted by Gasteiger charge is 2.25. The zero-order valence-corrected chi connectivity index (χ0v) is 10.3. The van der Waals surface area contributed by atoms with Gasteiger partial charge in [0.25, 0.3) is 5.91 Å². The van der Waals surface area contributed by atoms with E-state index in [2.05, 4.69) is 0 Å². The van der Waals surface area contributed by atoms with Gasteiger partial charge >= 0.3 is 0 Å². The summed E-state index contributed by atoms with van der Waals surface area (Å²) in [5.74, 6) is 0.00635. The van der Waals surface area contributed by atoms with E-state index >= 15 is 0 Å². The third-order valence-electron chi connectivity index (χ3n) is 3.08. The second-order valence-corrected chi connectivity index (χ2v) is 4.63. The second kappa shape index (κ2) is 4.75. The molecular weight excluding hydrogens is 216 g/mol. The van der Waals surface area contributed by atoms with Crippen molar-refractivity contribution in [1.82, 2.24) is 4.90 Å². The fourth-order valence-corrected chi connectivity index (χ4v) is 2.01. The predicted molar refractivity (Wildman–Crippen MR) is 67.3 cm³/mol. The molecule has 1 amide bonds. The average Bonchev–Trinajstić information content (AvgIpc) is 2.75. The van der Waals surface area contributed by atoms with Gasteiger partial charge in [0.1, 0.15) is 0 Å². The maximum absolute atomic E-state index is 12.1. The molecule has 0 aliphatic carbocycles. The van der Waals surface area contributed by atoms with E-state index in [0.29, 0.717) is 25.1 Å². The first kappa shape index (κ1) is 11.9. The molecule has 1 aliphatic heterocycles. The number of β-amino-alcohol motifs (C(OH)–C–C–N with tert-alkyl or cyclic N) is 1. The molecule has 1 N–H and O–H groups in total. The molecule has 0 radical (unpaired) electrons.